The number of unbranched alkanes of at least 4 members (excludes halogenated alkanes) is 1. The summed E-state index contributed by atoms with van der Waals surface area (Å²) in [7, 11) is 1.62. The van der Waals surface area contributed by atoms with Crippen molar-refractivity contribution < 1.29 is 28.9 Å². The fraction of sp³-hybridized carbons (Fsp3) is 0.586. The first-order chi connectivity index (χ1) is 18.5. The van der Waals surface area contributed by atoms with Gasteiger partial charge in [0.25, 0.3) is 0 Å². The number of carboxylic acids is 1. The number of hydrogen-bond donors (Lipinski definition) is 3. The van der Waals surface area contributed by atoms with E-state index in [0.29, 0.717) is 35.3 Å². The van der Waals surface area contributed by atoms with E-state index in [2.05, 4.69) is 29.4 Å². The molecule has 0 spiro atoms. The summed E-state index contributed by atoms with van der Waals surface area (Å²) in [5.74, 6) is 6.67. The molecule has 1 aromatic carbocycles. The number of carboxylic acid groups (broad SMARTS) is 1. The number of hydrogen-bond acceptors (Lipinski definition) is 8. The molecule has 10 heteroatoms. The van der Waals surface area contributed by atoms with Gasteiger partial charge in [-0.15, -0.1) is 0 Å². The van der Waals surface area contributed by atoms with E-state index in [1.807, 2.05) is 18.2 Å². The maximum Gasteiger partial charge on any atom is 0.408 e. The van der Waals surface area contributed by atoms with E-state index in [4.69, 9.17) is 24.2 Å². The molecule has 2 fully saturated rings. The smallest absolute Gasteiger partial charge is 0.408 e. The van der Waals surface area contributed by atoms with Gasteiger partial charge in [-0.25, -0.2) is 19.6 Å². The van der Waals surface area contributed by atoms with E-state index in [9.17, 15) is 14.7 Å². The van der Waals surface area contributed by atoms with Gasteiger partial charge >= 0.3 is 12.1 Å². The average molecular weight is 539 g/mol. The molecule has 0 radical (unpaired) electrons. The van der Waals surface area contributed by atoms with Gasteiger partial charge in [0.1, 0.15) is 24.0 Å². The summed E-state index contributed by atoms with van der Waals surface area (Å²) in [6.45, 7) is 8.16. The number of fused-ring (bicyclic) bond motifs is 1. The molecule has 2 aliphatic rings. The molecule has 4 rings (SSSR count). The number of ether oxygens (including phenoxy) is 3. The average Bonchev–Trinajstić information content (AvgIpc) is 3.47. The standard InChI is InChI=1S/C29H38N4O6/c1-17-13-20(16-30-17)38-26-22(31-21-12-11-19(37-5)15-23(21)32-26)10-8-6-7-9-18-14-24(18)39-28(36)33-25(27(34)35)29(2,3)4/h11-12,15,17-18,20,24-25,30H,6-7,9,13-14,16H2,1-5H3,(H,33,36)(H,34,35)/t17-,18-,20-,24-,25-/m1/s1. The quantitative estimate of drug-likeness (QED) is 0.321. The van der Waals surface area contributed by atoms with Gasteiger partial charge in [-0.2, -0.15) is 0 Å². The van der Waals surface area contributed by atoms with E-state index in [1.54, 1.807) is 27.9 Å². The molecule has 10 nitrogen and oxygen atoms in total. The van der Waals surface area contributed by atoms with Crippen LogP contribution in [-0.2, 0) is 9.53 Å². The monoisotopic (exact) mass is 538 g/mol. The highest BCUT2D eigenvalue weighted by molar-refractivity contribution is 5.81. The Hall–Kier alpha value is -3.58. The van der Waals surface area contributed by atoms with Crippen LogP contribution in [0.5, 0.6) is 11.6 Å². The SMILES string of the molecule is COc1ccc2nc(C#CCCC[C@@H]3C[C@H]3OC(=O)N[C@H](C(=O)O)C(C)(C)C)c(O[C@H]3CN[C@H](C)C3)nc2c1. The number of benzene rings is 1. The highest BCUT2D eigenvalue weighted by Gasteiger charge is 2.41. The summed E-state index contributed by atoms with van der Waals surface area (Å²) in [4.78, 5) is 33.1. The number of aromatic nitrogens is 2. The summed E-state index contributed by atoms with van der Waals surface area (Å²) < 4.78 is 17.0. The summed E-state index contributed by atoms with van der Waals surface area (Å²) in [6, 6.07) is 4.91. The summed E-state index contributed by atoms with van der Waals surface area (Å²) >= 11 is 0. The summed E-state index contributed by atoms with van der Waals surface area (Å²) in [5, 5.41) is 15.2. The van der Waals surface area contributed by atoms with Crippen LogP contribution in [0.4, 0.5) is 4.79 Å². The zero-order valence-corrected chi connectivity index (χ0v) is 23.2. The van der Waals surface area contributed by atoms with Crippen molar-refractivity contribution in [2.75, 3.05) is 13.7 Å². The Morgan fingerprint density at radius 2 is 2.03 bits per heavy atom. The van der Waals surface area contributed by atoms with E-state index >= 15 is 0 Å². The zero-order valence-electron chi connectivity index (χ0n) is 23.2. The first-order valence-electron chi connectivity index (χ1n) is 13.5. The summed E-state index contributed by atoms with van der Waals surface area (Å²) in [5.41, 5.74) is 1.31. The van der Waals surface area contributed by atoms with Crippen molar-refractivity contribution in [2.45, 2.75) is 84.1 Å². The Balaban J connectivity index is 1.31. The number of amides is 1. The lowest BCUT2D eigenvalue weighted by molar-refractivity contribution is -0.142. The van der Waals surface area contributed by atoms with Crippen molar-refractivity contribution in [1.29, 1.82) is 0 Å². The van der Waals surface area contributed by atoms with Crippen molar-refractivity contribution in [3.05, 3.63) is 23.9 Å². The minimum atomic E-state index is -1.08. The number of nitrogens with one attached hydrogen (secondary N) is 2. The molecular formula is C29H38N4O6. The summed E-state index contributed by atoms with van der Waals surface area (Å²) in [6.07, 6.45) is 3.18. The normalized spacial score (nSPS) is 22.9. The molecule has 1 saturated carbocycles. The molecule has 39 heavy (non-hydrogen) atoms. The first kappa shape index (κ1) is 28.4. The Morgan fingerprint density at radius 3 is 2.69 bits per heavy atom. The number of methoxy groups -OCH3 is 1. The Morgan fingerprint density at radius 1 is 1.23 bits per heavy atom. The molecule has 3 N–H and O–H groups in total. The largest absolute Gasteiger partial charge is 0.497 e. The molecule has 5 atom stereocenters. The third-order valence-corrected chi connectivity index (χ3v) is 7.00. The zero-order chi connectivity index (χ0) is 28.2. The van der Waals surface area contributed by atoms with Gasteiger partial charge in [-0.05, 0) is 55.6 Å². The molecule has 2 aromatic rings. The number of aliphatic carboxylic acids is 1. The van der Waals surface area contributed by atoms with Gasteiger partial charge < -0.3 is 30.0 Å². The van der Waals surface area contributed by atoms with Gasteiger partial charge in [0, 0.05) is 31.5 Å². The van der Waals surface area contributed by atoms with Crippen LogP contribution in [-0.4, -0.2) is 65.1 Å². The van der Waals surface area contributed by atoms with Crippen LogP contribution in [0.1, 0.15) is 65.5 Å². The molecule has 1 aromatic heterocycles. The van der Waals surface area contributed by atoms with Gasteiger partial charge in [0.2, 0.25) is 5.88 Å². The third-order valence-electron chi connectivity index (χ3n) is 7.00. The lowest BCUT2D eigenvalue weighted by Gasteiger charge is -2.27. The second-order valence-electron chi connectivity index (χ2n) is 11.4. The fourth-order valence-electron chi connectivity index (χ4n) is 4.65. The van der Waals surface area contributed by atoms with Crippen molar-refractivity contribution >= 4 is 23.1 Å². The fourth-order valence-corrected chi connectivity index (χ4v) is 4.65. The Labute approximate surface area is 229 Å². The van der Waals surface area contributed by atoms with E-state index in [0.717, 1.165) is 37.7 Å². The van der Waals surface area contributed by atoms with Crippen molar-refractivity contribution in [2.24, 2.45) is 11.3 Å². The van der Waals surface area contributed by atoms with Crippen LogP contribution < -0.4 is 20.1 Å². The van der Waals surface area contributed by atoms with Crippen molar-refractivity contribution in [3.63, 3.8) is 0 Å². The van der Waals surface area contributed by atoms with Crippen LogP contribution in [0.25, 0.3) is 11.0 Å². The minimum absolute atomic E-state index is 0.0103. The van der Waals surface area contributed by atoms with Gasteiger partial charge in [-0.3, -0.25) is 0 Å². The van der Waals surface area contributed by atoms with Crippen molar-refractivity contribution in [1.82, 2.24) is 20.6 Å². The van der Waals surface area contributed by atoms with Gasteiger partial charge in [0.05, 0.1) is 18.1 Å². The number of rotatable bonds is 9. The van der Waals surface area contributed by atoms with Crippen LogP contribution in [0.3, 0.4) is 0 Å². The number of carbonyl (C=O) groups excluding carboxylic acids is 1. The highest BCUT2D eigenvalue weighted by Crippen LogP contribution is 2.38. The molecule has 1 saturated heterocycles. The highest BCUT2D eigenvalue weighted by atomic mass is 16.6. The molecule has 0 bridgehead atoms. The maximum atomic E-state index is 12.2. The van der Waals surface area contributed by atoms with Crippen molar-refractivity contribution in [3.8, 4) is 23.5 Å². The Bertz CT molecular complexity index is 1260. The minimum Gasteiger partial charge on any atom is -0.497 e. The third kappa shape index (κ3) is 7.73. The second kappa shape index (κ2) is 12.1. The predicted molar refractivity (Wildman–Crippen MR) is 146 cm³/mol. The second-order valence-corrected chi connectivity index (χ2v) is 11.4. The topological polar surface area (TPSA) is 132 Å². The van der Waals surface area contributed by atoms with Gasteiger partial charge in [-0.1, -0.05) is 26.7 Å². The lowest BCUT2D eigenvalue weighted by Crippen LogP contribution is -2.49. The molecule has 210 valence electrons. The molecular weight excluding hydrogens is 500 g/mol. The maximum absolute atomic E-state index is 12.2. The predicted octanol–water partition coefficient (Wildman–Crippen LogP) is 3.90. The molecule has 0 unspecified atom stereocenters. The first-order valence-corrected chi connectivity index (χ1v) is 13.5. The number of nitrogens with zero attached hydrogens (tertiary/aromatic N) is 2. The van der Waals surface area contributed by atoms with E-state index in [-0.39, 0.29) is 18.1 Å². The number of alkyl carbamates (subject to hydrolysis) is 1. The van der Waals surface area contributed by atoms with Gasteiger partial charge in [0.15, 0.2) is 5.69 Å². The molecule has 1 aliphatic carbocycles. The molecule has 1 aliphatic heterocycles. The van der Waals surface area contributed by atoms with E-state index in [1.165, 1.54) is 0 Å². The van der Waals surface area contributed by atoms with Crippen LogP contribution >= 0.6 is 0 Å². The molecule has 2 heterocycles. The van der Waals surface area contributed by atoms with E-state index < -0.39 is 23.5 Å². The van der Waals surface area contributed by atoms with Crippen LogP contribution in [0.15, 0.2) is 18.2 Å². The lowest BCUT2D eigenvalue weighted by atomic mass is 9.87. The van der Waals surface area contributed by atoms with Crippen LogP contribution in [0.2, 0.25) is 0 Å². The Kier molecular flexibility index (Phi) is 8.80. The number of carbonyl (C=O) groups is 2. The van der Waals surface area contributed by atoms with Crippen LogP contribution in [0, 0.1) is 23.2 Å². The molecule has 1 amide bonds.